The van der Waals surface area contributed by atoms with E-state index < -0.39 is 6.17 Å². The molecule has 0 radical (unpaired) electrons. The molecule has 5 heterocycles. The number of rotatable bonds is 4. The van der Waals surface area contributed by atoms with Crippen molar-refractivity contribution in [1.29, 1.82) is 0 Å². The summed E-state index contributed by atoms with van der Waals surface area (Å²) in [6, 6.07) is 3.66. The van der Waals surface area contributed by atoms with Gasteiger partial charge in [0.1, 0.15) is 24.1 Å². The monoisotopic (exact) mass is 381 g/mol. The maximum atomic E-state index is 14.4. The summed E-state index contributed by atoms with van der Waals surface area (Å²) in [6.45, 7) is 1.27. The predicted molar refractivity (Wildman–Crippen MR) is 104 cm³/mol. The number of fused-ring (bicyclic) bond motifs is 2. The zero-order valence-electron chi connectivity index (χ0n) is 15.8. The van der Waals surface area contributed by atoms with E-state index in [-0.39, 0.29) is 6.04 Å². The van der Waals surface area contributed by atoms with Gasteiger partial charge in [0.15, 0.2) is 11.5 Å². The number of hydrogen-bond donors (Lipinski definition) is 2. The van der Waals surface area contributed by atoms with Crippen molar-refractivity contribution in [2.24, 2.45) is 0 Å². The SMILES string of the molecule is CNc1nc(N[C@H]2CCN(C)C[C@H]2F)nn2ccc(-c3cc[n+]4c(n3)=CC=4)c12. The molecule has 8 nitrogen and oxygen atoms in total. The maximum absolute atomic E-state index is 14.4. The van der Waals surface area contributed by atoms with E-state index in [2.05, 4.69) is 25.7 Å². The second-order valence-corrected chi connectivity index (χ2v) is 7.27. The van der Waals surface area contributed by atoms with Gasteiger partial charge in [0.05, 0.1) is 17.7 Å². The largest absolute Gasteiger partial charge is 0.371 e. The summed E-state index contributed by atoms with van der Waals surface area (Å²) in [5, 5.41) is 10.9. The van der Waals surface area contributed by atoms with Crippen LogP contribution in [0.2, 0.25) is 0 Å². The molecule has 144 valence electrons. The van der Waals surface area contributed by atoms with Gasteiger partial charge in [0.25, 0.3) is 0 Å². The van der Waals surface area contributed by atoms with Crippen molar-refractivity contribution in [1.82, 2.24) is 24.5 Å². The van der Waals surface area contributed by atoms with E-state index >= 15 is 0 Å². The van der Waals surface area contributed by atoms with Gasteiger partial charge in [0.2, 0.25) is 5.95 Å². The molecule has 2 aliphatic rings. The summed E-state index contributed by atoms with van der Waals surface area (Å²) in [7, 11) is 3.76. The number of alkyl halides is 1. The third kappa shape index (κ3) is 2.78. The second-order valence-electron chi connectivity index (χ2n) is 7.27. The fraction of sp³-hybridized carbons (Fsp3) is 0.368. The Morgan fingerprint density at radius 1 is 1.29 bits per heavy atom. The first kappa shape index (κ1) is 17.1. The predicted octanol–water partition coefficient (Wildman–Crippen LogP) is 0.379. The Bertz CT molecular complexity index is 1170. The lowest BCUT2D eigenvalue weighted by atomic mass is 10.0. The third-order valence-electron chi connectivity index (χ3n) is 5.36. The molecule has 0 amide bonds. The Morgan fingerprint density at radius 3 is 2.89 bits per heavy atom. The quantitative estimate of drug-likeness (QED) is 0.637. The van der Waals surface area contributed by atoms with Gasteiger partial charge in [-0.1, -0.05) is 0 Å². The van der Waals surface area contributed by atoms with E-state index in [4.69, 9.17) is 0 Å². The molecule has 0 aromatic carbocycles. The molecule has 1 saturated heterocycles. The Hall–Kier alpha value is -3.07. The number of anilines is 2. The first-order valence-electron chi connectivity index (χ1n) is 9.39. The van der Waals surface area contributed by atoms with Crippen LogP contribution in [0, 0.1) is 6.21 Å². The number of hydrogen-bond acceptors (Lipinski definition) is 6. The first-order valence-corrected chi connectivity index (χ1v) is 9.39. The lowest BCUT2D eigenvalue weighted by Gasteiger charge is -2.32. The van der Waals surface area contributed by atoms with Crippen molar-refractivity contribution in [2.75, 3.05) is 37.8 Å². The molecule has 0 saturated carbocycles. The summed E-state index contributed by atoms with van der Waals surface area (Å²) in [5.74, 6) is 1.09. The van der Waals surface area contributed by atoms with E-state index in [1.54, 1.807) is 4.52 Å². The summed E-state index contributed by atoms with van der Waals surface area (Å²) in [5.41, 5.74) is 3.56. The van der Waals surface area contributed by atoms with Gasteiger partial charge in [0, 0.05) is 32.4 Å². The van der Waals surface area contributed by atoms with Crippen LogP contribution < -0.4 is 20.4 Å². The highest BCUT2D eigenvalue weighted by Crippen LogP contribution is 2.28. The topological polar surface area (TPSA) is 76.3 Å². The van der Waals surface area contributed by atoms with Gasteiger partial charge in [-0.05, 0) is 24.5 Å². The number of piperidine rings is 1. The number of aromatic nitrogens is 5. The molecule has 0 spiro atoms. The molecule has 0 aliphatic carbocycles. The number of likely N-dealkylation sites (tertiary alicyclic amines) is 1. The fourth-order valence-corrected chi connectivity index (χ4v) is 3.76. The van der Waals surface area contributed by atoms with E-state index in [0.717, 1.165) is 35.2 Å². The molecule has 28 heavy (non-hydrogen) atoms. The molecule has 2 atom stereocenters. The molecular weight excluding hydrogens is 359 g/mol. The van der Waals surface area contributed by atoms with Gasteiger partial charge >= 0.3 is 5.48 Å². The smallest absolute Gasteiger partial charge is 0.331 e. The fourth-order valence-electron chi connectivity index (χ4n) is 3.76. The lowest BCUT2D eigenvalue weighted by Crippen LogP contribution is -2.46. The Labute approximate surface area is 161 Å². The highest BCUT2D eigenvalue weighted by Gasteiger charge is 2.28. The molecule has 2 N–H and O–H groups in total. The molecule has 3 aromatic rings. The van der Waals surface area contributed by atoms with Gasteiger partial charge < -0.3 is 15.5 Å². The summed E-state index contributed by atoms with van der Waals surface area (Å²) < 4.78 is 18.1. The minimum absolute atomic E-state index is 0.285. The highest BCUT2D eigenvalue weighted by molar-refractivity contribution is 5.87. The molecule has 5 rings (SSSR count). The van der Waals surface area contributed by atoms with Gasteiger partial charge in [-0.25, -0.2) is 13.1 Å². The minimum Gasteiger partial charge on any atom is -0.371 e. The van der Waals surface area contributed by atoms with Crippen molar-refractivity contribution in [3.05, 3.63) is 36.2 Å². The van der Waals surface area contributed by atoms with Crippen LogP contribution in [-0.4, -0.2) is 63.9 Å². The molecule has 2 aliphatic heterocycles. The van der Waals surface area contributed by atoms with Crippen LogP contribution in [0.25, 0.3) is 22.9 Å². The van der Waals surface area contributed by atoms with Crippen molar-refractivity contribution in [3.63, 3.8) is 0 Å². The van der Waals surface area contributed by atoms with Crippen molar-refractivity contribution < 1.29 is 8.63 Å². The normalized spacial score (nSPS) is 21.4. The minimum atomic E-state index is -0.950. The van der Waals surface area contributed by atoms with Crippen LogP contribution in [0.15, 0.2) is 24.5 Å². The number of nitrogens with one attached hydrogen (secondary N) is 2. The third-order valence-corrected chi connectivity index (χ3v) is 5.36. The molecule has 1 fully saturated rings. The second kappa shape index (κ2) is 6.52. The molecule has 0 unspecified atom stereocenters. The Kier molecular flexibility index (Phi) is 3.97. The summed E-state index contributed by atoms with van der Waals surface area (Å²) in [4.78, 5) is 11.3. The zero-order valence-corrected chi connectivity index (χ0v) is 15.8. The molecule has 3 aromatic heterocycles. The average molecular weight is 381 g/mol. The van der Waals surface area contributed by atoms with Crippen molar-refractivity contribution in [2.45, 2.75) is 18.6 Å². The van der Waals surface area contributed by atoms with E-state index in [1.165, 1.54) is 0 Å². The van der Waals surface area contributed by atoms with Crippen LogP contribution in [0.5, 0.6) is 0 Å². The first-order chi connectivity index (χ1) is 13.6. The van der Waals surface area contributed by atoms with Gasteiger partial charge in [-0.15, -0.1) is 5.10 Å². The molecule has 0 bridgehead atoms. The van der Waals surface area contributed by atoms with E-state index in [1.807, 2.05) is 60.1 Å². The molecule has 9 heteroatoms. The summed E-state index contributed by atoms with van der Waals surface area (Å²) >= 11 is 0. The Balaban J connectivity index is 1.51. The van der Waals surface area contributed by atoms with Gasteiger partial charge in [-0.3, -0.25) is 0 Å². The number of halogens is 1. The van der Waals surface area contributed by atoms with Crippen molar-refractivity contribution >= 4 is 23.4 Å². The average Bonchev–Trinajstić information content (AvgIpc) is 3.08. The van der Waals surface area contributed by atoms with E-state index in [9.17, 15) is 4.39 Å². The number of nitrogens with zero attached hydrogens (tertiary/aromatic N) is 6. The van der Waals surface area contributed by atoms with E-state index in [0.29, 0.717) is 18.3 Å². The Morgan fingerprint density at radius 2 is 2.18 bits per heavy atom. The standard InChI is InChI=1S/C19H22FN8/c1-21-18-17-12(14-5-8-27-9-6-16(27)22-14)3-10-28(17)25-19(24-18)23-15-4-7-26(2)11-13(15)20/h3,5-6,8-10,13,15H,4,7,11H2,1-2H3,(H2,21,23,24,25)/q+1/t13-,15+/m1/s1. The van der Waals surface area contributed by atoms with Crippen LogP contribution >= 0.6 is 0 Å². The van der Waals surface area contributed by atoms with Crippen LogP contribution in [-0.2, 0) is 0 Å². The maximum Gasteiger partial charge on any atom is 0.331 e. The van der Waals surface area contributed by atoms with Crippen LogP contribution in [0.4, 0.5) is 16.2 Å². The lowest BCUT2D eigenvalue weighted by molar-refractivity contribution is -0.537. The van der Waals surface area contributed by atoms with Gasteiger partial charge in [-0.2, -0.15) is 4.98 Å². The summed E-state index contributed by atoms with van der Waals surface area (Å²) in [6.07, 6.45) is 7.56. The van der Waals surface area contributed by atoms with Crippen LogP contribution in [0.1, 0.15) is 6.42 Å². The highest BCUT2D eigenvalue weighted by atomic mass is 19.1. The molecular formula is C19H22FN8+. The van der Waals surface area contributed by atoms with Crippen molar-refractivity contribution in [3.8, 4) is 11.3 Å². The zero-order chi connectivity index (χ0) is 19.3. The van der Waals surface area contributed by atoms with Crippen LogP contribution in [0.3, 0.4) is 0 Å².